The van der Waals surface area contributed by atoms with E-state index in [1.807, 2.05) is 30.3 Å². The number of benzene rings is 2. The fourth-order valence-corrected chi connectivity index (χ4v) is 2.98. The van der Waals surface area contributed by atoms with Crippen molar-refractivity contribution < 1.29 is 18.8 Å². The molecule has 1 aliphatic rings. The molecule has 3 amide bonds. The number of imide groups is 1. The lowest BCUT2D eigenvalue weighted by atomic mass is 10.1. The van der Waals surface area contributed by atoms with Gasteiger partial charge < -0.3 is 4.90 Å². The van der Waals surface area contributed by atoms with Gasteiger partial charge >= 0.3 is 0 Å². The number of nitrogens with zero attached hydrogens (tertiary/aromatic N) is 2. The fourth-order valence-electron chi connectivity index (χ4n) is 2.98. The molecule has 1 atom stereocenters. The van der Waals surface area contributed by atoms with E-state index >= 15 is 0 Å². The first-order valence-electron chi connectivity index (χ1n) is 8.34. The van der Waals surface area contributed by atoms with Crippen LogP contribution in [0.15, 0.2) is 54.6 Å². The van der Waals surface area contributed by atoms with Gasteiger partial charge in [0.25, 0.3) is 5.91 Å². The van der Waals surface area contributed by atoms with E-state index in [1.165, 1.54) is 41.1 Å². The zero-order valence-corrected chi connectivity index (χ0v) is 14.4. The molecule has 0 aliphatic carbocycles. The Balaban J connectivity index is 1.66. The van der Waals surface area contributed by atoms with Crippen LogP contribution >= 0.6 is 0 Å². The molecule has 2 aromatic rings. The summed E-state index contributed by atoms with van der Waals surface area (Å²) in [5, 5.41) is 0. The van der Waals surface area contributed by atoms with Crippen molar-refractivity contribution in [3.63, 3.8) is 0 Å². The van der Waals surface area contributed by atoms with Gasteiger partial charge in [0, 0.05) is 7.05 Å². The quantitative estimate of drug-likeness (QED) is 0.773. The van der Waals surface area contributed by atoms with Gasteiger partial charge in [0.05, 0.1) is 19.4 Å². The number of carbonyl (C=O) groups is 3. The van der Waals surface area contributed by atoms with Gasteiger partial charge in [0.1, 0.15) is 11.9 Å². The number of likely N-dealkylation sites (N-methyl/N-ethyl adjacent to an activating group) is 1. The Morgan fingerprint density at radius 2 is 1.73 bits per heavy atom. The van der Waals surface area contributed by atoms with E-state index in [2.05, 4.69) is 0 Å². The third kappa shape index (κ3) is 3.79. The molecule has 0 spiro atoms. The van der Waals surface area contributed by atoms with Gasteiger partial charge in [-0.3, -0.25) is 19.3 Å². The summed E-state index contributed by atoms with van der Waals surface area (Å²) in [4.78, 5) is 39.8. The SMILES string of the molecule is CN(C(=O)Cc1ccc(F)cc1)[C@H]1CC(=O)N(Cc2ccccc2)C1=O. The fraction of sp³-hybridized carbons (Fsp3) is 0.250. The van der Waals surface area contributed by atoms with E-state index in [4.69, 9.17) is 0 Å². The maximum atomic E-state index is 13.0. The van der Waals surface area contributed by atoms with Crippen molar-refractivity contribution in [1.29, 1.82) is 0 Å². The second kappa shape index (κ2) is 7.47. The summed E-state index contributed by atoms with van der Waals surface area (Å²) in [7, 11) is 1.52. The van der Waals surface area contributed by atoms with Crippen LogP contribution in [0.2, 0.25) is 0 Å². The largest absolute Gasteiger partial charge is 0.333 e. The van der Waals surface area contributed by atoms with Gasteiger partial charge in [-0.05, 0) is 23.3 Å². The first-order chi connectivity index (χ1) is 12.5. The minimum Gasteiger partial charge on any atom is -0.333 e. The predicted octanol–water partition coefficient (Wildman–Crippen LogP) is 2.15. The van der Waals surface area contributed by atoms with E-state index in [0.717, 1.165) is 5.56 Å². The Bertz CT molecular complexity index is 821. The molecule has 134 valence electrons. The molecule has 1 saturated heterocycles. The van der Waals surface area contributed by atoms with E-state index in [9.17, 15) is 18.8 Å². The lowest BCUT2D eigenvalue weighted by Gasteiger charge is -2.23. The summed E-state index contributed by atoms with van der Waals surface area (Å²) in [5.74, 6) is -1.31. The smallest absolute Gasteiger partial charge is 0.252 e. The van der Waals surface area contributed by atoms with Crippen LogP contribution in [0.5, 0.6) is 0 Å². The summed E-state index contributed by atoms with van der Waals surface area (Å²) < 4.78 is 13.0. The van der Waals surface area contributed by atoms with Gasteiger partial charge in [-0.15, -0.1) is 0 Å². The molecule has 6 heteroatoms. The summed E-state index contributed by atoms with van der Waals surface area (Å²) in [6.45, 7) is 0.203. The lowest BCUT2D eigenvalue weighted by molar-refractivity contribution is -0.143. The van der Waals surface area contributed by atoms with Crippen molar-refractivity contribution in [3.8, 4) is 0 Å². The first kappa shape index (κ1) is 17.8. The third-order valence-electron chi connectivity index (χ3n) is 4.53. The van der Waals surface area contributed by atoms with Crippen LogP contribution in [-0.2, 0) is 27.3 Å². The Labute approximate surface area is 151 Å². The molecule has 1 heterocycles. The topological polar surface area (TPSA) is 57.7 Å². The average Bonchev–Trinajstić information content (AvgIpc) is 2.92. The number of halogens is 1. The van der Waals surface area contributed by atoms with Crippen LogP contribution in [0.3, 0.4) is 0 Å². The number of hydrogen-bond donors (Lipinski definition) is 0. The van der Waals surface area contributed by atoms with Crippen LogP contribution < -0.4 is 0 Å². The minimum absolute atomic E-state index is 0.0165. The number of likely N-dealkylation sites (tertiary alicyclic amines) is 1. The lowest BCUT2D eigenvalue weighted by Crippen LogP contribution is -2.43. The molecule has 3 rings (SSSR count). The molecule has 1 aliphatic heterocycles. The molecule has 1 fully saturated rings. The number of amides is 3. The summed E-state index contributed by atoms with van der Waals surface area (Å²) in [5.41, 5.74) is 1.51. The highest BCUT2D eigenvalue weighted by Gasteiger charge is 2.42. The van der Waals surface area contributed by atoms with E-state index in [1.54, 1.807) is 0 Å². The molecule has 0 unspecified atom stereocenters. The van der Waals surface area contributed by atoms with Gasteiger partial charge in [-0.1, -0.05) is 42.5 Å². The van der Waals surface area contributed by atoms with Crippen molar-refractivity contribution in [2.75, 3.05) is 7.05 Å². The summed E-state index contributed by atoms with van der Waals surface area (Å²) in [6, 6.07) is 14.1. The molecular weight excluding hydrogens is 335 g/mol. The molecule has 0 bridgehead atoms. The minimum atomic E-state index is -0.792. The monoisotopic (exact) mass is 354 g/mol. The van der Waals surface area contributed by atoms with Crippen LogP contribution in [0, 0.1) is 5.82 Å². The highest BCUT2D eigenvalue weighted by molar-refractivity contribution is 6.06. The standard InChI is InChI=1S/C20H19FN2O3/c1-22(18(24)11-14-7-9-16(21)10-8-14)17-12-19(25)23(20(17)26)13-15-5-3-2-4-6-15/h2-10,17H,11-13H2,1H3/t17-/m0/s1. The van der Waals surface area contributed by atoms with Gasteiger partial charge in [0.2, 0.25) is 11.8 Å². The highest BCUT2D eigenvalue weighted by atomic mass is 19.1. The number of carbonyl (C=O) groups excluding carboxylic acids is 3. The van der Waals surface area contributed by atoms with E-state index < -0.39 is 6.04 Å². The van der Waals surface area contributed by atoms with E-state index in [0.29, 0.717) is 5.56 Å². The molecule has 0 radical (unpaired) electrons. The number of hydrogen-bond acceptors (Lipinski definition) is 3. The van der Waals surface area contributed by atoms with Crippen molar-refractivity contribution >= 4 is 17.7 Å². The first-order valence-corrected chi connectivity index (χ1v) is 8.34. The van der Waals surface area contributed by atoms with Crippen LogP contribution in [-0.4, -0.2) is 40.6 Å². The Kier molecular flexibility index (Phi) is 5.11. The molecule has 5 nitrogen and oxygen atoms in total. The van der Waals surface area contributed by atoms with Crippen LogP contribution in [0.1, 0.15) is 17.5 Å². The van der Waals surface area contributed by atoms with E-state index in [-0.39, 0.29) is 42.9 Å². The van der Waals surface area contributed by atoms with Crippen molar-refractivity contribution in [2.45, 2.75) is 25.4 Å². The van der Waals surface area contributed by atoms with Crippen molar-refractivity contribution in [2.24, 2.45) is 0 Å². The molecular formula is C20H19FN2O3. The second-order valence-electron chi connectivity index (χ2n) is 6.33. The molecule has 0 saturated carbocycles. The maximum Gasteiger partial charge on any atom is 0.252 e. The summed E-state index contributed by atoms with van der Waals surface area (Å²) in [6.07, 6.45) is 0.0325. The molecule has 0 aromatic heterocycles. The molecule has 0 N–H and O–H groups in total. The Hall–Kier alpha value is -3.02. The third-order valence-corrected chi connectivity index (χ3v) is 4.53. The van der Waals surface area contributed by atoms with Crippen LogP contribution in [0.4, 0.5) is 4.39 Å². The molecule has 26 heavy (non-hydrogen) atoms. The van der Waals surface area contributed by atoms with Gasteiger partial charge in [-0.2, -0.15) is 0 Å². The normalized spacial score (nSPS) is 16.8. The maximum absolute atomic E-state index is 13.0. The van der Waals surface area contributed by atoms with Crippen molar-refractivity contribution in [1.82, 2.24) is 9.80 Å². The average molecular weight is 354 g/mol. The van der Waals surface area contributed by atoms with Gasteiger partial charge in [0.15, 0.2) is 0 Å². The molecule has 2 aromatic carbocycles. The predicted molar refractivity (Wildman–Crippen MR) is 93.3 cm³/mol. The highest BCUT2D eigenvalue weighted by Crippen LogP contribution is 2.21. The van der Waals surface area contributed by atoms with Crippen LogP contribution in [0.25, 0.3) is 0 Å². The van der Waals surface area contributed by atoms with Gasteiger partial charge in [-0.25, -0.2) is 4.39 Å². The zero-order chi connectivity index (χ0) is 18.7. The van der Waals surface area contributed by atoms with Crippen molar-refractivity contribution in [3.05, 3.63) is 71.5 Å². The number of rotatable bonds is 5. The summed E-state index contributed by atoms with van der Waals surface area (Å²) >= 11 is 0. The Morgan fingerprint density at radius 1 is 1.08 bits per heavy atom. The second-order valence-corrected chi connectivity index (χ2v) is 6.33. The zero-order valence-electron chi connectivity index (χ0n) is 14.4. The Morgan fingerprint density at radius 3 is 2.38 bits per heavy atom.